The van der Waals surface area contributed by atoms with Crippen LogP contribution in [0.25, 0.3) is 11.4 Å². The van der Waals surface area contributed by atoms with Crippen molar-refractivity contribution in [1.82, 2.24) is 24.6 Å². The minimum absolute atomic E-state index is 0.159. The molecule has 1 amide bonds. The molecule has 0 N–H and O–H groups in total. The molecule has 2 aromatic carbocycles. The molecule has 7 nitrogen and oxygen atoms in total. The quantitative estimate of drug-likeness (QED) is 0.491. The van der Waals surface area contributed by atoms with Gasteiger partial charge in [0.2, 0.25) is 5.91 Å². The molecule has 0 radical (unpaired) electrons. The maximum Gasteiger partial charge on any atom is 0.233 e. The van der Waals surface area contributed by atoms with Crippen LogP contribution in [0.3, 0.4) is 0 Å². The van der Waals surface area contributed by atoms with Crippen LogP contribution in [0.5, 0.6) is 5.75 Å². The van der Waals surface area contributed by atoms with Crippen molar-refractivity contribution in [3.05, 3.63) is 60.2 Å². The van der Waals surface area contributed by atoms with Crippen molar-refractivity contribution in [3.8, 4) is 17.1 Å². The molecule has 168 valence electrons. The first-order valence-electron chi connectivity index (χ1n) is 10.8. The molecular weight excluding hydrogens is 422 g/mol. The summed E-state index contributed by atoms with van der Waals surface area (Å²) < 4.78 is 7.40. The molecule has 4 rings (SSSR count). The third-order valence-corrected chi connectivity index (χ3v) is 6.66. The second-order valence-corrected chi connectivity index (χ2v) is 8.84. The Balaban J connectivity index is 1.51. The summed E-state index contributed by atoms with van der Waals surface area (Å²) in [5.74, 6) is 2.14. The normalized spacial score (nSPS) is 14.5. The monoisotopic (exact) mass is 451 g/mol. The Bertz CT molecular complexity index is 1010. The summed E-state index contributed by atoms with van der Waals surface area (Å²) in [6.45, 7) is 4.15. The van der Waals surface area contributed by atoms with Crippen molar-refractivity contribution < 1.29 is 9.53 Å². The summed E-state index contributed by atoms with van der Waals surface area (Å²) in [5.41, 5.74) is 2.23. The van der Waals surface area contributed by atoms with E-state index < -0.39 is 0 Å². The van der Waals surface area contributed by atoms with Crippen LogP contribution in [0.1, 0.15) is 5.56 Å². The van der Waals surface area contributed by atoms with E-state index in [-0.39, 0.29) is 5.91 Å². The summed E-state index contributed by atoms with van der Waals surface area (Å²) in [6.07, 6.45) is 0.863. The van der Waals surface area contributed by atoms with Crippen molar-refractivity contribution in [2.45, 2.75) is 18.1 Å². The van der Waals surface area contributed by atoms with Gasteiger partial charge in [-0.05, 0) is 43.3 Å². The van der Waals surface area contributed by atoms with Crippen LogP contribution < -0.4 is 4.74 Å². The van der Waals surface area contributed by atoms with Crippen molar-refractivity contribution in [2.75, 3.05) is 46.1 Å². The van der Waals surface area contributed by atoms with Crippen LogP contribution in [-0.2, 0) is 17.8 Å². The van der Waals surface area contributed by atoms with Gasteiger partial charge in [0.15, 0.2) is 11.0 Å². The molecule has 3 aromatic rings. The zero-order valence-electron chi connectivity index (χ0n) is 18.6. The van der Waals surface area contributed by atoms with Crippen LogP contribution in [0.4, 0.5) is 0 Å². The largest absolute Gasteiger partial charge is 0.497 e. The van der Waals surface area contributed by atoms with Crippen molar-refractivity contribution in [3.63, 3.8) is 0 Å². The van der Waals surface area contributed by atoms with E-state index in [1.54, 1.807) is 7.11 Å². The Morgan fingerprint density at radius 2 is 1.72 bits per heavy atom. The Kier molecular flexibility index (Phi) is 7.44. The fourth-order valence-corrected chi connectivity index (χ4v) is 4.58. The molecule has 0 saturated carbocycles. The van der Waals surface area contributed by atoms with E-state index in [0.717, 1.165) is 61.4 Å². The minimum atomic E-state index is 0.159. The van der Waals surface area contributed by atoms with Crippen molar-refractivity contribution in [1.29, 1.82) is 0 Å². The SMILES string of the molecule is COc1ccc(-c2nnc(SCC(=O)N3CCN(C)CC3)n2CCc2ccccc2)cc1. The molecule has 1 fully saturated rings. The molecule has 0 unspecified atom stereocenters. The van der Waals surface area contributed by atoms with Gasteiger partial charge in [-0.25, -0.2) is 0 Å². The molecule has 0 atom stereocenters. The lowest BCUT2D eigenvalue weighted by Gasteiger charge is -2.32. The van der Waals surface area contributed by atoms with Crippen molar-refractivity contribution >= 4 is 17.7 Å². The minimum Gasteiger partial charge on any atom is -0.497 e. The molecule has 1 aliphatic heterocycles. The maximum atomic E-state index is 12.7. The van der Waals surface area contributed by atoms with E-state index in [9.17, 15) is 4.79 Å². The Hall–Kier alpha value is -2.84. The average molecular weight is 452 g/mol. The second kappa shape index (κ2) is 10.7. The Morgan fingerprint density at radius 1 is 1.00 bits per heavy atom. The molecule has 1 saturated heterocycles. The third kappa shape index (κ3) is 5.49. The third-order valence-electron chi connectivity index (χ3n) is 5.71. The van der Waals surface area contributed by atoms with Gasteiger partial charge in [0, 0.05) is 38.3 Å². The summed E-state index contributed by atoms with van der Waals surface area (Å²) in [7, 11) is 3.75. The topological polar surface area (TPSA) is 63.5 Å². The number of aryl methyl sites for hydroxylation is 1. The number of piperazine rings is 1. The van der Waals surface area contributed by atoms with Crippen LogP contribution in [0, 0.1) is 0 Å². The van der Waals surface area contributed by atoms with Crippen LogP contribution in [0.15, 0.2) is 59.8 Å². The van der Waals surface area contributed by atoms with Crippen LogP contribution in [-0.4, -0.2) is 76.6 Å². The zero-order chi connectivity index (χ0) is 22.3. The number of ether oxygens (including phenoxy) is 1. The molecule has 1 aromatic heterocycles. The standard InChI is InChI=1S/C24H29N5O2S/c1-27-14-16-28(17-15-27)22(30)18-32-24-26-25-23(20-8-10-21(31-2)11-9-20)29(24)13-12-19-6-4-3-5-7-19/h3-11H,12-18H2,1-2H3. The second-order valence-electron chi connectivity index (χ2n) is 7.89. The zero-order valence-corrected chi connectivity index (χ0v) is 19.4. The number of hydrogen-bond donors (Lipinski definition) is 0. The smallest absolute Gasteiger partial charge is 0.233 e. The van der Waals surface area contributed by atoms with E-state index in [1.807, 2.05) is 35.2 Å². The van der Waals surface area contributed by atoms with Crippen LogP contribution in [0.2, 0.25) is 0 Å². The molecular formula is C24H29N5O2S. The molecule has 0 aliphatic carbocycles. The maximum absolute atomic E-state index is 12.7. The van der Waals surface area contributed by atoms with E-state index in [4.69, 9.17) is 4.74 Å². The van der Waals surface area contributed by atoms with Gasteiger partial charge in [-0.15, -0.1) is 10.2 Å². The molecule has 0 bridgehead atoms. The van der Waals surface area contributed by atoms with Crippen molar-refractivity contribution in [2.24, 2.45) is 0 Å². The molecule has 32 heavy (non-hydrogen) atoms. The average Bonchev–Trinajstić information content (AvgIpc) is 3.25. The van der Waals surface area contributed by atoms with Gasteiger partial charge < -0.3 is 19.1 Å². The lowest BCUT2D eigenvalue weighted by molar-refractivity contribution is -0.129. The number of amides is 1. The van der Waals surface area contributed by atoms with Gasteiger partial charge in [-0.3, -0.25) is 4.79 Å². The number of rotatable bonds is 8. The summed E-state index contributed by atoms with van der Waals surface area (Å²) >= 11 is 1.47. The van der Waals surface area contributed by atoms with Crippen LogP contribution >= 0.6 is 11.8 Å². The first-order valence-corrected chi connectivity index (χ1v) is 11.8. The summed E-state index contributed by atoms with van der Waals surface area (Å²) in [4.78, 5) is 16.9. The number of methoxy groups -OCH3 is 1. The number of aromatic nitrogens is 3. The summed E-state index contributed by atoms with van der Waals surface area (Å²) in [6, 6.07) is 18.2. The van der Waals surface area contributed by atoms with Gasteiger partial charge >= 0.3 is 0 Å². The first kappa shape index (κ1) is 22.4. The first-order chi connectivity index (χ1) is 15.6. The molecule has 0 spiro atoms. The highest BCUT2D eigenvalue weighted by Crippen LogP contribution is 2.26. The fraction of sp³-hybridized carbons (Fsp3) is 0.375. The number of hydrogen-bond acceptors (Lipinski definition) is 6. The van der Waals surface area contributed by atoms with E-state index in [2.05, 4.69) is 51.0 Å². The van der Waals surface area contributed by atoms with E-state index >= 15 is 0 Å². The fourth-order valence-electron chi connectivity index (χ4n) is 3.71. The predicted molar refractivity (Wildman–Crippen MR) is 127 cm³/mol. The van der Waals surface area contributed by atoms with Gasteiger partial charge in [-0.2, -0.15) is 0 Å². The lowest BCUT2D eigenvalue weighted by atomic mass is 10.1. The Morgan fingerprint density at radius 3 is 2.41 bits per heavy atom. The number of carbonyl (C=O) groups is 1. The van der Waals surface area contributed by atoms with Gasteiger partial charge in [0.05, 0.1) is 12.9 Å². The van der Waals surface area contributed by atoms with E-state index in [1.165, 1.54) is 17.3 Å². The van der Waals surface area contributed by atoms with Gasteiger partial charge in [0.1, 0.15) is 5.75 Å². The Labute approximate surface area is 193 Å². The van der Waals surface area contributed by atoms with Gasteiger partial charge in [0.25, 0.3) is 0 Å². The molecule has 1 aliphatic rings. The van der Waals surface area contributed by atoms with E-state index in [0.29, 0.717) is 5.75 Å². The highest BCUT2D eigenvalue weighted by molar-refractivity contribution is 7.99. The highest BCUT2D eigenvalue weighted by Gasteiger charge is 2.21. The number of nitrogens with zero attached hydrogens (tertiary/aromatic N) is 5. The number of likely N-dealkylation sites (N-methyl/N-ethyl adjacent to an activating group) is 1. The number of thioether (sulfide) groups is 1. The highest BCUT2D eigenvalue weighted by atomic mass is 32.2. The summed E-state index contributed by atoms with van der Waals surface area (Å²) in [5, 5.41) is 9.69. The molecule has 8 heteroatoms. The predicted octanol–water partition coefficient (Wildman–Crippen LogP) is 3.06. The number of benzene rings is 2. The molecule has 2 heterocycles. The number of carbonyl (C=O) groups excluding carboxylic acids is 1. The van der Waals surface area contributed by atoms with Gasteiger partial charge in [-0.1, -0.05) is 42.1 Å². The lowest BCUT2D eigenvalue weighted by Crippen LogP contribution is -2.47.